The minimum atomic E-state index is -0.499. The van der Waals surface area contributed by atoms with Gasteiger partial charge in [-0.25, -0.2) is 4.39 Å². The zero-order valence-electron chi connectivity index (χ0n) is 13.9. The maximum Gasteiger partial charge on any atom is 0.265 e. The van der Waals surface area contributed by atoms with Crippen LogP contribution in [0.4, 0.5) is 15.8 Å². The fourth-order valence-corrected chi connectivity index (χ4v) is 3.90. The molecule has 0 unspecified atom stereocenters. The summed E-state index contributed by atoms with van der Waals surface area (Å²) in [7, 11) is 0. The SMILES string of the molecule is O=C(CSc1cccc(NC(=O)c2cccs2)c1)Nc1ccc(Br)cc1F. The Morgan fingerprint density at radius 3 is 2.67 bits per heavy atom. The molecule has 0 spiro atoms. The molecule has 0 atom stereocenters. The highest BCUT2D eigenvalue weighted by molar-refractivity contribution is 9.10. The van der Waals surface area contributed by atoms with Gasteiger partial charge in [0.25, 0.3) is 5.91 Å². The summed E-state index contributed by atoms with van der Waals surface area (Å²) >= 11 is 5.84. The van der Waals surface area contributed by atoms with Gasteiger partial charge in [-0.1, -0.05) is 28.1 Å². The van der Waals surface area contributed by atoms with E-state index in [9.17, 15) is 14.0 Å². The number of rotatable bonds is 6. The Hall–Kier alpha value is -2.16. The van der Waals surface area contributed by atoms with Gasteiger partial charge in [0.2, 0.25) is 5.91 Å². The molecule has 138 valence electrons. The van der Waals surface area contributed by atoms with Crippen molar-refractivity contribution in [2.24, 2.45) is 0 Å². The van der Waals surface area contributed by atoms with Crippen LogP contribution in [-0.2, 0) is 4.79 Å². The first-order valence-electron chi connectivity index (χ1n) is 7.84. The number of carbonyl (C=O) groups is 2. The Labute approximate surface area is 172 Å². The Kier molecular flexibility index (Phi) is 6.65. The third kappa shape index (κ3) is 5.66. The lowest BCUT2D eigenvalue weighted by Gasteiger charge is -2.08. The van der Waals surface area contributed by atoms with E-state index in [1.54, 1.807) is 30.3 Å². The van der Waals surface area contributed by atoms with Crippen LogP contribution in [-0.4, -0.2) is 17.6 Å². The average molecular weight is 465 g/mol. The standard InChI is InChI=1S/C19H14BrFN2O2S2/c20-12-6-7-16(15(21)9-12)23-18(24)11-27-14-4-1-3-13(10-14)22-19(25)17-5-2-8-26-17/h1-10H,11H2,(H,22,25)(H,23,24). The summed E-state index contributed by atoms with van der Waals surface area (Å²) in [6.45, 7) is 0. The maximum absolute atomic E-state index is 13.8. The van der Waals surface area contributed by atoms with Crippen molar-refractivity contribution in [3.63, 3.8) is 0 Å². The van der Waals surface area contributed by atoms with E-state index in [4.69, 9.17) is 0 Å². The Morgan fingerprint density at radius 1 is 1.07 bits per heavy atom. The molecule has 3 rings (SSSR count). The minimum Gasteiger partial charge on any atom is -0.323 e. The molecule has 0 aliphatic carbocycles. The van der Waals surface area contributed by atoms with Crippen LogP contribution in [0.3, 0.4) is 0 Å². The van der Waals surface area contributed by atoms with Gasteiger partial charge in [0.05, 0.1) is 16.3 Å². The number of benzene rings is 2. The summed E-state index contributed by atoms with van der Waals surface area (Å²) in [6, 6.07) is 15.3. The lowest BCUT2D eigenvalue weighted by Crippen LogP contribution is -2.15. The van der Waals surface area contributed by atoms with Gasteiger partial charge in [0, 0.05) is 15.1 Å². The predicted octanol–water partition coefficient (Wildman–Crippen LogP) is 5.63. The van der Waals surface area contributed by atoms with Gasteiger partial charge in [-0.05, 0) is 47.8 Å². The van der Waals surface area contributed by atoms with Crippen LogP contribution in [0.25, 0.3) is 0 Å². The highest BCUT2D eigenvalue weighted by Gasteiger charge is 2.10. The summed E-state index contributed by atoms with van der Waals surface area (Å²) in [4.78, 5) is 25.6. The summed E-state index contributed by atoms with van der Waals surface area (Å²) in [6.07, 6.45) is 0. The highest BCUT2D eigenvalue weighted by atomic mass is 79.9. The molecule has 0 fully saturated rings. The molecular formula is C19H14BrFN2O2S2. The lowest BCUT2D eigenvalue weighted by atomic mass is 10.3. The fraction of sp³-hybridized carbons (Fsp3) is 0.0526. The molecule has 0 saturated carbocycles. The number of anilines is 2. The first-order chi connectivity index (χ1) is 13.0. The Morgan fingerprint density at radius 2 is 1.93 bits per heavy atom. The third-order valence-corrected chi connectivity index (χ3v) is 5.77. The van der Waals surface area contributed by atoms with Crippen molar-refractivity contribution in [2.45, 2.75) is 4.90 Å². The van der Waals surface area contributed by atoms with Crippen LogP contribution in [0, 0.1) is 5.82 Å². The van der Waals surface area contributed by atoms with Crippen molar-refractivity contribution >= 4 is 62.2 Å². The Balaban J connectivity index is 1.56. The van der Waals surface area contributed by atoms with Gasteiger partial charge in [-0.15, -0.1) is 23.1 Å². The molecule has 0 aliphatic rings. The summed E-state index contributed by atoms with van der Waals surface area (Å²) < 4.78 is 14.4. The minimum absolute atomic E-state index is 0.123. The van der Waals surface area contributed by atoms with Gasteiger partial charge in [0.15, 0.2) is 0 Å². The zero-order valence-corrected chi connectivity index (χ0v) is 17.1. The highest BCUT2D eigenvalue weighted by Crippen LogP contribution is 2.24. The molecule has 2 N–H and O–H groups in total. The van der Waals surface area contributed by atoms with E-state index in [-0.39, 0.29) is 23.3 Å². The molecule has 2 amide bonds. The van der Waals surface area contributed by atoms with Crippen molar-refractivity contribution in [3.8, 4) is 0 Å². The van der Waals surface area contributed by atoms with Gasteiger partial charge < -0.3 is 10.6 Å². The number of halogens is 2. The van der Waals surface area contributed by atoms with Crippen molar-refractivity contribution in [2.75, 3.05) is 16.4 Å². The molecule has 1 heterocycles. The van der Waals surface area contributed by atoms with E-state index in [1.165, 1.54) is 35.2 Å². The first-order valence-corrected chi connectivity index (χ1v) is 10.5. The van der Waals surface area contributed by atoms with Crippen LogP contribution >= 0.6 is 39.0 Å². The van der Waals surface area contributed by atoms with Crippen molar-refractivity contribution in [3.05, 3.63) is 75.1 Å². The van der Waals surface area contributed by atoms with Crippen molar-refractivity contribution in [1.29, 1.82) is 0 Å². The molecule has 3 aromatic rings. The molecule has 2 aromatic carbocycles. The molecule has 1 aromatic heterocycles. The van der Waals surface area contributed by atoms with Gasteiger partial charge >= 0.3 is 0 Å². The second kappa shape index (κ2) is 9.16. The molecule has 0 bridgehead atoms. The van der Waals surface area contributed by atoms with E-state index >= 15 is 0 Å². The summed E-state index contributed by atoms with van der Waals surface area (Å²) in [5, 5.41) is 7.22. The van der Waals surface area contributed by atoms with Crippen LogP contribution in [0.15, 0.2) is 69.3 Å². The topological polar surface area (TPSA) is 58.2 Å². The van der Waals surface area contributed by atoms with Crippen LogP contribution in [0.5, 0.6) is 0 Å². The third-order valence-electron chi connectivity index (χ3n) is 3.41. The van der Waals surface area contributed by atoms with Crippen molar-refractivity contribution in [1.82, 2.24) is 0 Å². The van der Waals surface area contributed by atoms with E-state index in [0.29, 0.717) is 15.0 Å². The Bertz CT molecular complexity index is 964. The molecule has 27 heavy (non-hydrogen) atoms. The second-order valence-corrected chi connectivity index (χ2v) is 8.33. The summed E-state index contributed by atoms with van der Waals surface area (Å²) in [5.74, 6) is -0.858. The normalized spacial score (nSPS) is 10.4. The smallest absolute Gasteiger partial charge is 0.265 e. The number of nitrogens with one attached hydrogen (secondary N) is 2. The number of thiophene rings is 1. The van der Waals surface area contributed by atoms with Crippen LogP contribution < -0.4 is 10.6 Å². The van der Waals surface area contributed by atoms with Gasteiger partial charge in [0.1, 0.15) is 5.82 Å². The van der Waals surface area contributed by atoms with Crippen molar-refractivity contribution < 1.29 is 14.0 Å². The average Bonchev–Trinajstić information content (AvgIpc) is 3.18. The summed E-state index contributed by atoms with van der Waals surface area (Å²) in [5.41, 5.74) is 0.790. The quantitative estimate of drug-likeness (QED) is 0.464. The molecule has 0 saturated heterocycles. The molecule has 0 aliphatic heterocycles. The molecule has 4 nitrogen and oxygen atoms in total. The largest absolute Gasteiger partial charge is 0.323 e. The van der Waals surface area contributed by atoms with E-state index in [1.807, 2.05) is 17.5 Å². The first kappa shape index (κ1) is 19.6. The number of hydrogen-bond donors (Lipinski definition) is 2. The monoisotopic (exact) mass is 464 g/mol. The molecular weight excluding hydrogens is 451 g/mol. The van der Waals surface area contributed by atoms with E-state index < -0.39 is 5.82 Å². The van der Waals surface area contributed by atoms with Crippen LogP contribution in [0.2, 0.25) is 0 Å². The maximum atomic E-state index is 13.8. The van der Waals surface area contributed by atoms with Crippen LogP contribution in [0.1, 0.15) is 9.67 Å². The fourth-order valence-electron chi connectivity index (χ4n) is 2.19. The van der Waals surface area contributed by atoms with Gasteiger partial charge in [-0.2, -0.15) is 0 Å². The van der Waals surface area contributed by atoms with E-state index in [2.05, 4.69) is 26.6 Å². The molecule has 8 heteroatoms. The zero-order chi connectivity index (χ0) is 19.2. The number of carbonyl (C=O) groups excluding carboxylic acids is 2. The lowest BCUT2D eigenvalue weighted by molar-refractivity contribution is -0.113. The van der Waals surface area contributed by atoms with Gasteiger partial charge in [-0.3, -0.25) is 9.59 Å². The van der Waals surface area contributed by atoms with E-state index in [0.717, 1.165) is 4.90 Å². The number of hydrogen-bond acceptors (Lipinski definition) is 4. The number of amides is 2. The number of thioether (sulfide) groups is 1. The molecule has 0 radical (unpaired) electrons. The predicted molar refractivity (Wildman–Crippen MR) is 112 cm³/mol. The second-order valence-electron chi connectivity index (χ2n) is 5.42.